The maximum Gasteiger partial charge on any atom is 0.273 e. The number of rotatable bonds is 7. The zero-order valence-electron chi connectivity index (χ0n) is 26.0. The molecule has 2 aliphatic heterocycles. The highest BCUT2D eigenvalue weighted by molar-refractivity contribution is 7.93. The van der Waals surface area contributed by atoms with E-state index in [1.54, 1.807) is 54.7 Å². The Labute approximate surface area is 273 Å². The van der Waals surface area contributed by atoms with Gasteiger partial charge in [-0.25, -0.2) is 12.7 Å². The molecular weight excluding hydrogens is 613 g/mol. The summed E-state index contributed by atoms with van der Waals surface area (Å²) in [6, 6.07) is 26.6. The van der Waals surface area contributed by atoms with Crippen molar-refractivity contribution in [3.8, 4) is 11.8 Å². The molecule has 4 heterocycles. The number of piperazine rings is 1. The molecule has 0 bridgehead atoms. The van der Waals surface area contributed by atoms with E-state index >= 15 is 4.79 Å². The molecule has 2 aliphatic rings. The van der Waals surface area contributed by atoms with Crippen LogP contribution in [0.1, 0.15) is 29.3 Å². The number of pyridine rings is 2. The lowest BCUT2D eigenvalue weighted by Crippen LogP contribution is -2.60. The Morgan fingerprint density at radius 1 is 0.894 bits per heavy atom. The van der Waals surface area contributed by atoms with Gasteiger partial charge in [-0.05, 0) is 62.4 Å². The van der Waals surface area contributed by atoms with Crippen LogP contribution in [0.15, 0.2) is 102 Å². The number of fused-ring (bicyclic) bond motifs is 2. The van der Waals surface area contributed by atoms with Gasteiger partial charge in [0.15, 0.2) is 5.54 Å². The third-order valence-electron chi connectivity index (χ3n) is 8.92. The Morgan fingerprint density at radius 2 is 1.68 bits per heavy atom. The molecule has 1 fully saturated rings. The Bertz CT molecular complexity index is 2170. The molecule has 0 saturated carbocycles. The van der Waals surface area contributed by atoms with E-state index in [2.05, 4.69) is 20.9 Å². The molecule has 0 N–H and O–H groups in total. The molecule has 0 radical (unpaired) electrons. The molecule has 5 aromatic rings. The number of hydrogen-bond acceptors (Lipinski definition) is 9. The van der Waals surface area contributed by atoms with Gasteiger partial charge in [0.25, 0.3) is 15.9 Å². The van der Waals surface area contributed by atoms with Crippen LogP contribution < -0.4 is 13.9 Å². The van der Waals surface area contributed by atoms with Crippen molar-refractivity contribution in [2.24, 2.45) is 0 Å². The standard InChI is InChI=1S/C36H32N6O4S/c1-3-46-32-11-5-4-10-29(32)36(41-20-18-40(19-21-41)28-15-17-38-25(2)22-28)30-23-26(24-37)13-14-31(30)42(35(36)43)47(44,45)33-12-6-8-27-9-7-16-39-34(27)33/h4-17,22-23H,3,18-21H2,1-2H3. The normalized spacial score (nSPS) is 18.3. The molecule has 236 valence electrons. The lowest BCUT2D eigenvalue weighted by Gasteiger charge is -2.46. The summed E-state index contributed by atoms with van der Waals surface area (Å²) in [5, 5.41) is 10.6. The van der Waals surface area contributed by atoms with Crippen molar-refractivity contribution in [3.63, 3.8) is 0 Å². The Hall–Kier alpha value is -5.31. The molecule has 0 spiro atoms. The first kappa shape index (κ1) is 30.3. The van der Waals surface area contributed by atoms with E-state index in [0.29, 0.717) is 60.6 Å². The largest absolute Gasteiger partial charge is 0.493 e. The summed E-state index contributed by atoms with van der Waals surface area (Å²) in [6.45, 7) is 6.14. The number of para-hydroxylation sites is 2. The minimum atomic E-state index is -4.50. The lowest BCUT2D eigenvalue weighted by atomic mass is 9.80. The van der Waals surface area contributed by atoms with Gasteiger partial charge in [-0.15, -0.1) is 0 Å². The van der Waals surface area contributed by atoms with Gasteiger partial charge in [0, 0.05) is 66.5 Å². The van der Waals surface area contributed by atoms with Crippen molar-refractivity contribution < 1.29 is 17.9 Å². The molecule has 3 aromatic carbocycles. The summed E-state index contributed by atoms with van der Waals surface area (Å²) in [5.41, 5.74) is 2.03. The monoisotopic (exact) mass is 644 g/mol. The van der Waals surface area contributed by atoms with Crippen molar-refractivity contribution >= 4 is 38.2 Å². The van der Waals surface area contributed by atoms with E-state index < -0.39 is 21.5 Å². The Morgan fingerprint density at radius 3 is 2.45 bits per heavy atom. The molecule has 1 atom stereocenters. The van der Waals surface area contributed by atoms with Crippen LogP contribution in [0.25, 0.3) is 10.9 Å². The SMILES string of the molecule is CCOc1ccccc1C1(N2CCN(c3ccnc(C)c3)CC2)C(=O)N(S(=O)(=O)c2cccc3cccnc23)c2ccc(C#N)cc21. The number of carbonyl (C=O) groups excluding carboxylic acids is 1. The molecule has 10 nitrogen and oxygen atoms in total. The van der Waals surface area contributed by atoms with Crippen LogP contribution in [0.4, 0.5) is 11.4 Å². The summed E-state index contributed by atoms with van der Waals surface area (Å²) in [5.74, 6) is -0.189. The predicted octanol–water partition coefficient (Wildman–Crippen LogP) is 5.01. The highest BCUT2D eigenvalue weighted by Crippen LogP contribution is 2.53. The summed E-state index contributed by atoms with van der Waals surface area (Å²) >= 11 is 0. The van der Waals surface area contributed by atoms with Crippen LogP contribution in [0.3, 0.4) is 0 Å². The first-order valence-corrected chi connectivity index (χ1v) is 16.9. The van der Waals surface area contributed by atoms with Crippen molar-refractivity contribution in [2.75, 3.05) is 42.0 Å². The highest BCUT2D eigenvalue weighted by atomic mass is 32.2. The second-order valence-corrected chi connectivity index (χ2v) is 13.3. The molecule has 2 aromatic heterocycles. The second-order valence-electron chi connectivity index (χ2n) is 11.5. The third-order valence-corrected chi connectivity index (χ3v) is 10.6. The maximum atomic E-state index is 15.4. The van der Waals surface area contributed by atoms with Crippen LogP contribution in [-0.2, 0) is 20.4 Å². The van der Waals surface area contributed by atoms with Crippen LogP contribution in [-0.4, -0.2) is 62.0 Å². The summed E-state index contributed by atoms with van der Waals surface area (Å²) in [6.07, 6.45) is 3.31. The van der Waals surface area contributed by atoms with E-state index in [1.165, 1.54) is 12.3 Å². The second kappa shape index (κ2) is 11.8. The van der Waals surface area contributed by atoms with Crippen LogP contribution in [0.5, 0.6) is 5.75 Å². The molecule has 0 aliphatic carbocycles. The molecule has 47 heavy (non-hydrogen) atoms. The average molecular weight is 645 g/mol. The highest BCUT2D eigenvalue weighted by Gasteiger charge is 2.60. The summed E-state index contributed by atoms with van der Waals surface area (Å²) < 4.78 is 36.6. The van der Waals surface area contributed by atoms with E-state index in [0.717, 1.165) is 15.7 Å². The maximum absolute atomic E-state index is 15.4. The van der Waals surface area contributed by atoms with Gasteiger partial charge in [0.05, 0.1) is 29.4 Å². The van der Waals surface area contributed by atoms with Gasteiger partial charge >= 0.3 is 0 Å². The number of nitriles is 1. The topological polar surface area (TPSA) is 120 Å². The van der Waals surface area contributed by atoms with Gasteiger partial charge in [-0.2, -0.15) is 5.26 Å². The number of aromatic nitrogens is 2. The van der Waals surface area contributed by atoms with E-state index in [1.807, 2.05) is 49.1 Å². The van der Waals surface area contributed by atoms with Crippen molar-refractivity contribution in [1.82, 2.24) is 14.9 Å². The minimum absolute atomic E-state index is 0.0778. The quantitative estimate of drug-likeness (QED) is 0.241. The molecule has 11 heteroatoms. The summed E-state index contributed by atoms with van der Waals surface area (Å²) in [7, 11) is -4.50. The van der Waals surface area contributed by atoms with E-state index in [9.17, 15) is 13.7 Å². The van der Waals surface area contributed by atoms with Crippen LogP contribution >= 0.6 is 0 Å². The molecule has 1 unspecified atom stereocenters. The predicted molar refractivity (Wildman–Crippen MR) is 179 cm³/mol. The zero-order valence-corrected chi connectivity index (χ0v) is 26.8. The zero-order chi connectivity index (χ0) is 32.8. The van der Waals surface area contributed by atoms with Crippen LogP contribution in [0.2, 0.25) is 0 Å². The van der Waals surface area contributed by atoms with Crippen molar-refractivity contribution in [3.05, 3.63) is 120 Å². The number of sulfonamides is 1. The van der Waals surface area contributed by atoms with E-state index in [-0.39, 0.29) is 16.1 Å². The molecule has 7 rings (SSSR count). The number of anilines is 2. The molecule has 1 saturated heterocycles. The molecule has 1 amide bonds. The van der Waals surface area contributed by atoms with E-state index in [4.69, 9.17) is 4.74 Å². The van der Waals surface area contributed by atoms with Gasteiger partial charge in [0.1, 0.15) is 10.6 Å². The van der Waals surface area contributed by atoms with Gasteiger partial charge in [0.2, 0.25) is 0 Å². The third kappa shape index (κ3) is 4.80. The fourth-order valence-electron chi connectivity index (χ4n) is 6.88. The number of benzene rings is 3. The summed E-state index contributed by atoms with van der Waals surface area (Å²) in [4.78, 5) is 28.3. The number of ether oxygens (including phenoxy) is 1. The lowest BCUT2D eigenvalue weighted by molar-refractivity contribution is -0.127. The van der Waals surface area contributed by atoms with Crippen molar-refractivity contribution in [1.29, 1.82) is 5.26 Å². The number of aryl methyl sites for hydroxylation is 1. The van der Waals surface area contributed by atoms with Gasteiger partial charge < -0.3 is 9.64 Å². The van der Waals surface area contributed by atoms with Gasteiger partial charge in [-0.3, -0.25) is 19.7 Å². The Kier molecular flexibility index (Phi) is 7.62. The number of carbonyl (C=O) groups is 1. The fraction of sp³-hybridized carbons (Fsp3) is 0.222. The first-order valence-electron chi connectivity index (χ1n) is 15.4. The van der Waals surface area contributed by atoms with Crippen LogP contribution in [0, 0.1) is 18.3 Å². The molecular formula is C36H32N6O4S. The first-order chi connectivity index (χ1) is 22.8. The number of nitrogens with zero attached hydrogens (tertiary/aromatic N) is 6. The average Bonchev–Trinajstić information content (AvgIpc) is 3.36. The number of amides is 1. The minimum Gasteiger partial charge on any atom is -0.493 e. The number of hydrogen-bond donors (Lipinski definition) is 0. The van der Waals surface area contributed by atoms with Crippen molar-refractivity contribution in [2.45, 2.75) is 24.3 Å². The Balaban J connectivity index is 1.45. The van der Waals surface area contributed by atoms with Gasteiger partial charge in [-0.1, -0.05) is 36.4 Å². The fourth-order valence-corrected chi connectivity index (χ4v) is 8.51. The smallest absolute Gasteiger partial charge is 0.273 e.